The molecule has 82 valence electrons. The van der Waals surface area contributed by atoms with Gasteiger partial charge in [-0.3, -0.25) is 4.79 Å². The quantitative estimate of drug-likeness (QED) is 0.717. The standard InChI is InChI=1S/C14H14O2/c1-10-13(9-16-11(2)15)8-7-12-5-3-4-6-14(10)12/h3-8H,9H2,1-2H3. The lowest BCUT2D eigenvalue weighted by Gasteiger charge is -2.09. The summed E-state index contributed by atoms with van der Waals surface area (Å²) < 4.78 is 5.02. The Kier molecular flexibility index (Phi) is 2.91. The summed E-state index contributed by atoms with van der Waals surface area (Å²) in [7, 11) is 0. The molecule has 0 bridgehead atoms. The van der Waals surface area contributed by atoms with Gasteiger partial charge in [-0.15, -0.1) is 0 Å². The van der Waals surface area contributed by atoms with Crippen LogP contribution in [0.3, 0.4) is 0 Å². The molecule has 16 heavy (non-hydrogen) atoms. The van der Waals surface area contributed by atoms with Crippen LogP contribution in [-0.4, -0.2) is 5.97 Å². The van der Waals surface area contributed by atoms with E-state index in [0.717, 1.165) is 5.56 Å². The molecule has 2 aromatic rings. The summed E-state index contributed by atoms with van der Waals surface area (Å²) in [5.74, 6) is -0.243. The molecule has 0 atom stereocenters. The Hall–Kier alpha value is -1.83. The largest absolute Gasteiger partial charge is 0.461 e. The van der Waals surface area contributed by atoms with E-state index in [-0.39, 0.29) is 5.97 Å². The Morgan fingerprint density at radius 2 is 1.94 bits per heavy atom. The van der Waals surface area contributed by atoms with Crippen molar-refractivity contribution < 1.29 is 9.53 Å². The van der Waals surface area contributed by atoms with Crippen LogP contribution in [0.5, 0.6) is 0 Å². The second-order valence-electron chi connectivity index (χ2n) is 3.85. The third-order valence-corrected chi connectivity index (χ3v) is 2.74. The fourth-order valence-electron chi connectivity index (χ4n) is 1.81. The summed E-state index contributed by atoms with van der Waals surface area (Å²) in [4.78, 5) is 10.8. The Morgan fingerprint density at radius 1 is 1.19 bits per heavy atom. The lowest BCUT2D eigenvalue weighted by Crippen LogP contribution is -2.00. The van der Waals surface area contributed by atoms with Gasteiger partial charge in [0, 0.05) is 6.92 Å². The maximum atomic E-state index is 10.8. The predicted octanol–water partition coefficient (Wildman–Crippen LogP) is 3.21. The van der Waals surface area contributed by atoms with Crippen LogP contribution in [0.1, 0.15) is 18.1 Å². The van der Waals surface area contributed by atoms with E-state index in [1.54, 1.807) is 0 Å². The second-order valence-corrected chi connectivity index (χ2v) is 3.85. The van der Waals surface area contributed by atoms with Gasteiger partial charge in [0.1, 0.15) is 6.61 Å². The fourth-order valence-corrected chi connectivity index (χ4v) is 1.81. The van der Waals surface area contributed by atoms with Crippen LogP contribution in [0.15, 0.2) is 36.4 Å². The Morgan fingerprint density at radius 3 is 2.69 bits per heavy atom. The predicted molar refractivity (Wildman–Crippen MR) is 64.2 cm³/mol. The number of ether oxygens (including phenoxy) is 1. The zero-order valence-corrected chi connectivity index (χ0v) is 9.49. The van der Waals surface area contributed by atoms with Gasteiger partial charge in [0.2, 0.25) is 0 Å². The minimum atomic E-state index is -0.243. The molecule has 0 aromatic heterocycles. The maximum Gasteiger partial charge on any atom is 0.302 e. The number of hydrogen-bond acceptors (Lipinski definition) is 2. The highest BCUT2D eigenvalue weighted by Gasteiger charge is 2.04. The van der Waals surface area contributed by atoms with Gasteiger partial charge in [-0.05, 0) is 28.8 Å². The van der Waals surface area contributed by atoms with E-state index in [9.17, 15) is 4.79 Å². The van der Waals surface area contributed by atoms with Gasteiger partial charge in [0.05, 0.1) is 0 Å². The van der Waals surface area contributed by atoms with Crippen molar-refractivity contribution in [1.82, 2.24) is 0 Å². The molecule has 0 saturated carbocycles. The summed E-state index contributed by atoms with van der Waals surface area (Å²) in [6.07, 6.45) is 0. The molecule has 0 saturated heterocycles. The van der Waals surface area contributed by atoms with Crippen molar-refractivity contribution in [3.8, 4) is 0 Å². The van der Waals surface area contributed by atoms with Crippen molar-refractivity contribution in [3.63, 3.8) is 0 Å². The van der Waals surface area contributed by atoms with Gasteiger partial charge in [-0.1, -0.05) is 36.4 Å². The molecular formula is C14H14O2. The average Bonchev–Trinajstić information content (AvgIpc) is 2.28. The molecule has 2 heteroatoms. The zero-order valence-electron chi connectivity index (χ0n) is 9.49. The van der Waals surface area contributed by atoms with Crippen LogP contribution in [0.4, 0.5) is 0 Å². The molecule has 0 heterocycles. The second kappa shape index (κ2) is 4.35. The highest BCUT2D eigenvalue weighted by atomic mass is 16.5. The molecule has 2 nitrogen and oxygen atoms in total. The summed E-state index contributed by atoms with van der Waals surface area (Å²) >= 11 is 0. The molecule has 0 N–H and O–H groups in total. The average molecular weight is 214 g/mol. The van der Waals surface area contributed by atoms with E-state index in [1.807, 2.05) is 18.2 Å². The molecular weight excluding hydrogens is 200 g/mol. The van der Waals surface area contributed by atoms with Crippen LogP contribution >= 0.6 is 0 Å². The third kappa shape index (κ3) is 2.06. The van der Waals surface area contributed by atoms with E-state index in [2.05, 4.69) is 25.1 Å². The van der Waals surface area contributed by atoms with Crippen molar-refractivity contribution in [3.05, 3.63) is 47.5 Å². The van der Waals surface area contributed by atoms with E-state index < -0.39 is 0 Å². The van der Waals surface area contributed by atoms with E-state index in [4.69, 9.17) is 4.74 Å². The summed E-state index contributed by atoms with van der Waals surface area (Å²) in [6.45, 7) is 3.84. The van der Waals surface area contributed by atoms with Crippen molar-refractivity contribution in [1.29, 1.82) is 0 Å². The highest BCUT2D eigenvalue weighted by Crippen LogP contribution is 2.22. The van der Waals surface area contributed by atoms with Crippen LogP contribution in [0, 0.1) is 6.92 Å². The van der Waals surface area contributed by atoms with Gasteiger partial charge in [0.25, 0.3) is 0 Å². The molecule has 0 spiro atoms. The van der Waals surface area contributed by atoms with Crippen molar-refractivity contribution in [2.24, 2.45) is 0 Å². The SMILES string of the molecule is CC(=O)OCc1ccc2ccccc2c1C. The lowest BCUT2D eigenvalue weighted by molar-refractivity contribution is -0.142. The highest BCUT2D eigenvalue weighted by molar-refractivity contribution is 5.86. The van der Waals surface area contributed by atoms with Crippen molar-refractivity contribution in [2.75, 3.05) is 0 Å². The monoisotopic (exact) mass is 214 g/mol. The smallest absolute Gasteiger partial charge is 0.302 e. The van der Waals surface area contributed by atoms with Crippen LogP contribution in [-0.2, 0) is 16.1 Å². The van der Waals surface area contributed by atoms with Crippen LogP contribution in [0.2, 0.25) is 0 Å². The van der Waals surface area contributed by atoms with Crippen LogP contribution < -0.4 is 0 Å². The van der Waals surface area contributed by atoms with Gasteiger partial charge in [0.15, 0.2) is 0 Å². The van der Waals surface area contributed by atoms with Crippen molar-refractivity contribution >= 4 is 16.7 Å². The number of esters is 1. The van der Waals surface area contributed by atoms with Gasteiger partial charge in [-0.25, -0.2) is 0 Å². The Bertz CT molecular complexity index is 529. The lowest BCUT2D eigenvalue weighted by atomic mass is 10.0. The van der Waals surface area contributed by atoms with E-state index in [1.165, 1.54) is 23.3 Å². The first-order chi connectivity index (χ1) is 7.68. The molecule has 0 fully saturated rings. The minimum absolute atomic E-state index is 0.243. The van der Waals surface area contributed by atoms with Gasteiger partial charge >= 0.3 is 5.97 Å². The van der Waals surface area contributed by atoms with Crippen LogP contribution in [0.25, 0.3) is 10.8 Å². The maximum absolute atomic E-state index is 10.8. The summed E-state index contributed by atoms with van der Waals surface area (Å²) in [5.41, 5.74) is 2.24. The first kappa shape index (κ1) is 10.7. The number of rotatable bonds is 2. The Labute approximate surface area is 94.8 Å². The molecule has 0 aliphatic heterocycles. The summed E-state index contributed by atoms with van der Waals surface area (Å²) in [5, 5.41) is 2.43. The topological polar surface area (TPSA) is 26.3 Å². The number of carbonyl (C=O) groups excluding carboxylic acids is 1. The third-order valence-electron chi connectivity index (χ3n) is 2.74. The van der Waals surface area contributed by atoms with Crippen molar-refractivity contribution in [2.45, 2.75) is 20.5 Å². The number of hydrogen-bond donors (Lipinski definition) is 0. The first-order valence-electron chi connectivity index (χ1n) is 5.29. The molecule has 2 rings (SSSR count). The molecule has 2 aromatic carbocycles. The number of benzene rings is 2. The fraction of sp³-hybridized carbons (Fsp3) is 0.214. The molecule has 0 radical (unpaired) electrons. The normalized spacial score (nSPS) is 10.4. The minimum Gasteiger partial charge on any atom is -0.461 e. The molecule has 0 unspecified atom stereocenters. The number of carbonyl (C=O) groups is 1. The number of aryl methyl sites for hydroxylation is 1. The summed E-state index contributed by atoms with van der Waals surface area (Å²) in [6, 6.07) is 12.3. The van der Waals surface area contributed by atoms with Gasteiger partial charge in [-0.2, -0.15) is 0 Å². The Balaban J connectivity index is 2.40. The number of fused-ring (bicyclic) bond motifs is 1. The van der Waals surface area contributed by atoms with Gasteiger partial charge < -0.3 is 4.74 Å². The van der Waals surface area contributed by atoms with E-state index in [0.29, 0.717) is 6.61 Å². The molecule has 0 aliphatic carbocycles. The zero-order chi connectivity index (χ0) is 11.5. The molecule has 0 aliphatic rings. The van der Waals surface area contributed by atoms with E-state index >= 15 is 0 Å². The molecule has 0 amide bonds. The first-order valence-corrected chi connectivity index (χ1v) is 5.29.